The second kappa shape index (κ2) is 48.3. The van der Waals surface area contributed by atoms with Crippen molar-refractivity contribution >= 4 is 117 Å². The number of unbranched alkanes of at least 4 members (excludes halogenated alkanes) is 1. The number of carboxylic acid groups (broad SMARTS) is 1. The van der Waals surface area contributed by atoms with E-state index in [1.807, 2.05) is 0 Å². The SMILES string of the molecule is CSCC[C@H](NC(=O)[C@H](CO)NC(=O)[C@@H](Cc1ccc(O)cc1)NC(=O)[C@H](CO)NC(C)=O)C(=O)N[C@@H](CCC(=O)O)C(=O)N[C@@H](Cc1cnc[nH]1)C(=O)N[C@H](Cc1ccccc1)C(=O)N[C@@H](CCCNC(=N)N)C(=O)N[C@H](Cc1c[nH]c2ccccc12)C(=O)NCC(=O)N[C@@H](CCCCN)C(=O)N1CCCC1C(=O)N[C@H](C(N)=O)C(C)C. The fraction of sp³-hybridized carbons (Fsp3) is 0.494. The monoisotopic (exact) mass is 1660 g/mol. The van der Waals surface area contributed by atoms with Gasteiger partial charge in [-0.15, -0.1) is 0 Å². The van der Waals surface area contributed by atoms with E-state index in [0.29, 0.717) is 46.9 Å². The molecule has 1 aliphatic heterocycles. The van der Waals surface area contributed by atoms with Gasteiger partial charge in [-0.1, -0.05) is 74.5 Å². The van der Waals surface area contributed by atoms with E-state index in [1.54, 1.807) is 80.9 Å². The van der Waals surface area contributed by atoms with E-state index < -0.39 is 206 Å². The molecular weight excluding hydrogens is 1560 g/mol. The van der Waals surface area contributed by atoms with Crippen molar-refractivity contribution in [1.82, 2.24) is 89.0 Å². The fourth-order valence-corrected chi connectivity index (χ4v) is 13.4. The number of nitrogens with two attached hydrogens (primary N) is 3. The maximum atomic E-state index is 15.2. The summed E-state index contributed by atoms with van der Waals surface area (Å²) >= 11 is 1.23. The van der Waals surface area contributed by atoms with Gasteiger partial charge in [0.1, 0.15) is 78.3 Å². The molecule has 0 saturated carbocycles. The summed E-state index contributed by atoms with van der Waals surface area (Å²) in [5.41, 5.74) is 19.3. The number of aromatic amines is 2. The lowest BCUT2D eigenvalue weighted by Gasteiger charge is -2.30. The predicted octanol–water partition coefficient (Wildman–Crippen LogP) is -4.54. The average molecular weight is 1660 g/mol. The van der Waals surface area contributed by atoms with E-state index in [4.69, 9.17) is 22.6 Å². The van der Waals surface area contributed by atoms with Gasteiger partial charge in [-0.2, -0.15) is 11.8 Å². The van der Waals surface area contributed by atoms with E-state index in [0.717, 1.165) is 6.92 Å². The van der Waals surface area contributed by atoms with Crippen LogP contribution in [-0.2, 0) is 97.6 Å². The number of H-pyrrole nitrogens is 2. The summed E-state index contributed by atoms with van der Waals surface area (Å²) in [5.74, 6) is -14.9. The Labute approximate surface area is 684 Å². The van der Waals surface area contributed by atoms with Gasteiger partial charge in [0.25, 0.3) is 0 Å². The van der Waals surface area contributed by atoms with E-state index in [2.05, 4.69) is 84.1 Å². The van der Waals surface area contributed by atoms with Crippen molar-refractivity contribution < 1.29 is 92.3 Å². The zero-order valence-corrected chi connectivity index (χ0v) is 66.9. The first-order chi connectivity index (χ1) is 56.3. The Hall–Kier alpha value is -12.2. The first-order valence-electron chi connectivity index (χ1n) is 38.5. The minimum absolute atomic E-state index is 0.00491. The van der Waals surface area contributed by atoms with E-state index in [9.17, 15) is 78.0 Å². The van der Waals surface area contributed by atoms with Crippen LogP contribution in [0, 0.1) is 11.3 Å². The highest BCUT2D eigenvalue weighted by molar-refractivity contribution is 7.98. The zero-order chi connectivity index (χ0) is 86.5. The summed E-state index contributed by atoms with van der Waals surface area (Å²) < 4.78 is 0. The van der Waals surface area contributed by atoms with Crippen molar-refractivity contribution in [3.05, 3.63) is 120 Å². The van der Waals surface area contributed by atoms with Crippen LogP contribution >= 0.6 is 11.8 Å². The molecule has 118 heavy (non-hydrogen) atoms. The van der Waals surface area contributed by atoms with Crippen LogP contribution in [0.4, 0.5) is 0 Å². The fourth-order valence-electron chi connectivity index (χ4n) is 12.9. The molecule has 3 aromatic carbocycles. The Bertz CT molecular complexity index is 4250. The number of guanidine groups is 1. The van der Waals surface area contributed by atoms with Crippen LogP contribution in [0.2, 0.25) is 0 Å². The molecule has 1 fully saturated rings. The number of aromatic nitrogens is 3. The molecule has 1 saturated heterocycles. The average Bonchev–Trinajstić information content (AvgIpc) is 1.64. The number of nitrogens with one attached hydrogen (secondary N) is 16. The molecule has 1 aliphatic rings. The number of likely N-dealkylation sites (tertiary alicyclic amines) is 1. The molecule has 0 aliphatic carbocycles. The molecular formula is C77H109N21O19S. The van der Waals surface area contributed by atoms with E-state index >= 15 is 14.4 Å². The highest BCUT2D eigenvalue weighted by Gasteiger charge is 2.41. The number of phenols is 1. The van der Waals surface area contributed by atoms with Crippen LogP contribution in [0.5, 0.6) is 5.75 Å². The molecule has 0 spiro atoms. The number of imidazole rings is 1. The van der Waals surface area contributed by atoms with Crippen molar-refractivity contribution in [1.29, 1.82) is 5.41 Å². The number of nitrogens with zero attached hydrogens (tertiary/aromatic N) is 2. The highest BCUT2D eigenvalue weighted by atomic mass is 32.2. The molecule has 14 amide bonds. The minimum Gasteiger partial charge on any atom is -0.508 e. The number of benzene rings is 3. The second-order valence-electron chi connectivity index (χ2n) is 28.7. The van der Waals surface area contributed by atoms with Crippen LogP contribution in [-0.4, -0.2) is 259 Å². The minimum atomic E-state index is -1.84. The van der Waals surface area contributed by atoms with Crippen molar-refractivity contribution in [3.8, 4) is 5.75 Å². The molecule has 2 aromatic heterocycles. The van der Waals surface area contributed by atoms with Gasteiger partial charge in [-0.3, -0.25) is 77.3 Å². The van der Waals surface area contributed by atoms with Crippen molar-refractivity contribution in [2.24, 2.45) is 23.1 Å². The van der Waals surface area contributed by atoms with Crippen LogP contribution < -0.4 is 86.3 Å². The number of aliphatic hydroxyl groups is 2. The van der Waals surface area contributed by atoms with Gasteiger partial charge in [0.2, 0.25) is 82.7 Å². The van der Waals surface area contributed by atoms with E-state index in [-0.39, 0.29) is 94.1 Å². The lowest BCUT2D eigenvalue weighted by Crippen LogP contribution is -2.61. The van der Waals surface area contributed by atoms with Gasteiger partial charge >= 0.3 is 5.97 Å². The number of hydrogen-bond acceptors (Lipinski definition) is 22. The van der Waals surface area contributed by atoms with Crippen LogP contribution in [0.25, 0.3) is 10.9 Å². The standard InChI is InChI=1S/C77H109N21O19S/c1-42(2)64(65(79)106)97-75(116)61-20-13-30-98(61)76(117)54(18-10-11-28-78)88-62(103)38-85-66(107)57(34-46-36-84-50-17-9-8-16-49(46)50)94-67(108)51(19-12-29-83-77(80)81)89-70(111)55(32-44-14-6-5-7-15-44)92-72(113)58(35-47-37-82-41-86-47)95-68(109)52(25-26-63(104)105)90-69(110)53(27-31-118-4)91-74(115)60(40-100)96-71(112)56(33-45-21-23-48(102)24-22-45)93-73(114)59(39-99)87-43(3)101/h5-9,14-17,21-24,36-37,41-42,51-61,64,84,99-100,102H,10-13,18-20,25-35,38-40,78H2,1-4H3,(H2,79,106)(H,82,86)(H,85,107)(H,87,101)(H,88,103)(H,89,111)(H,90,110)(H,91,115)(H,92,113)(H,93,114)(H,94,108)(H,95,109)(H,96,112)(H,97,116)(H,104,105)(H4,80,81,83)/t51-,52-,53-,54-,55+,56+,57+,58-,59-,60-,61?,64-/m0/s1. The molecule has 40 nitrogen and oxygen atoms in total. The quantitative estimate of drug-likeness (QED) is 0.00991. The van der Waals surface area contributed by atoms with Gasteiger partial charge in [0, 0.05) is 81.1 Å². The molecule has 642 valence electrons. The maximum absolute atomic E-state index is 15.2. The number of aromatic hydroxyl groups is 1. The molecule has 6 rings (SSSR count). The number of amides is 14. The highest BCUT2D eigenvalue weighted by Crippen LogP contribution is 2.23. The first-order valence-corrected chi connectivity index (χ1v) is 39.9. The normalized spacial score (nSPS) is 15.2. The largest absolute Gasteiger partial charge is 0.508 e. The number of thioether (sulfide) groups is 1. The molecule has 41 heteroatoms. The Morgan fingerprint density at radius 3 is 1.64 bits per heavy atom. The Kier molecular flexibility index (Phi) is 38.8. The third-order valence-electron chi connectivity index (χ3n) is 19.2. The van der Waals surface area contributed by atoms with Gasteiger partial charge in [0.05, 0.1) is 26.1 Å². The summed E-state index contributed by atoms with van der Waals surface area (Å²) in [5, 5.41) is 81.9. The molecule has 5 aromatic rings. The molecule has 26 N–H and O–H groups in total. The topological polar surface area (TPSA) is 643 Å². The van der Waals surface area contributed by atoms with Crippen molar-refractivity contribution in [2.45, 2.75) is 183 Å². The Morgan fingerprint density at radius 2 is 1.09 bits per heavy atom. The van der Waals surface area contributed by atoms with Gasteiger partial charge in [-0.25, -0.2) is 4.98 Å². The lowest BCUT2D eigenvalue weighted by molar-refractivity contribution is -0.142. The van der Waals surface area contributed by atoms with Crippen molar-refractivity contribution in [2.75, 3.05) is 51.4 Å². The van der Waals surface area contributed by atoms with E-state index in [1.165, 1.54) is 53.5 Å². The smallest absolute Gasteiger partial charge is 0.303 e. The van der Waals surface area contributed by atoms with Gasteiger partial charge < -0.3 is 122 Å². The van der Waals surface area contributed by atoms with Crippen molar-refractivity contribution in [3.63, 3.8) is 0 Å². The number of aliphatic hydroxyl groups excluding tert-OH is 2. The lowest BCUT2D eigenvalue weighted by atomic mass is 10.0. The zero-order valence-electron chi connectivity index (χ0n) is 66.0. The summed E-state index contributed by atoms with van der Waals surface area (Å²) in [4.78, 5) is 220. The number of fused-ring (bicyclic) bond motifs is 1. The number of aliphatic carboxylic acids is 1. The summed E-state index contributed by atoms with van der Waals surface area (Å²) in [7, 11) is 0. The number of primary amides is 1. The Morgan fingerprint density at radius 1 is 0.576 bits per heavy atom. The molecule has 1 unspecified atom stereocenters. The summed E-state index contributed by atoms with van der Waals surface area (Å²) in [6.45, 7) is 2.20. The summed E-state index contributed by atoms with van der Waals surface area (Å²) in [6.07, 6.45) is 4.64. The number of hydrogen-bond donors (Lipinski definition) is 23. The predicted molar refractivity (Wildman–Crippen MR) is 431 cm³/mol. The summed E-state index contributed by atoms with van der Waals surface area (Å²) in [6, 6.07) is 2.94. The number of carbonyl (C=O) groups excluding carboxylic acids is 14. The second-order valence-corrected chi connectivity index (χ2v) is 29.6. The molecule has 12 atom stereocenters. The molecule has 0 bridgehead atoms. The van der Waals surface area contributed by atoms with Crippen LogP contribution in [0.1, 0.15) is 107 Å². The third kappa shape index (κ3) is 30.8. The third-order valence-corrected chi connectivity index (χ3v) is 19.9. The number of carbonyl (C=O) groups is 15. The molecule has 3 heterocycles. The maximum Gasteiger partial charge on any atom is 0.303 e. The number of carboxylic acids is 1. The number of para-hydroxylation sites is 1. The number of phenolic OH excluding ortho intramolecular Hbond substituents is 1. The Balaban J connectivity index is 1.25. The molecule has 0 radical (unpaired) electrons. The number of rotatable bonds is 50. The van der Waals surface area contributed by atoms with Crippen LogP contribution in [0.15, 0.2) is 97.6 Å². The van der Waals surface area contributed by atoms with Crippen LogP contribution in [0.3, 0.4) is 0 Å². The van der Waals surface area contributed by atoms with Gasteiger partial charge in [-0.05, 0) is 117 Å². The first kappa shape index (κ1) is 94.6. The van der Waals surface area contributed by atoms with Gasteiger partial charge in [0.15, 0.2) is 5.96 Å².